The van der Waals surface area contributed by atoms with Crippen LogP contribution in [-0.4, -0.2) is 11.5 Å². The fourth-order valence-corrected chi connectivity index (χ4v) is 1.98. The molecule has 0 aliphatic rings. The Morgan fingerprint density at radius 3 is 2.50 bits per heavy atom. The number of non-ortho nitro benzene ring substituents is 1. The molecule has 0 aromatic heterocycles. The first-order valence-electron chi connectivity index (χ1n) is 7.23. The van der Waals surface area contributed by atoms with Crippen LogP contribution in [-0.2, 0) is 0 Å². The monoisotopic (exact) mass is 278 g/mol. The van der Waals surface area contributed by atoms with Crippen molar-refractivity contribution in [2.75, 3.05) is 6.54 Å². The van der Waals surface area contributed by atoms with Crippen molar-refractivity contribution < 1.29 is 4.92 Å². The predicted octanol–water partition coefficient (Wildman–Crippen LogP) is 4.32. The zero-order valence-corrected chi connectivity index (χ0v) is 13.1. The quantitative estimate of drug-likeness (QED) is 0.623. The van der Waals surface area contributed by atoms with Crippen LogP contribution in [0.15, 0.2) is 24.3 Å². The van der Waals surface area contributed by atoms with Gasteiger partial charge in [-0.05, 0) is 29.9 Å². The zero-order valence-electron chi connectivity index (χ0n) is 13.1. The number of nitrogens with one attached hydrogen (secondary N) is 1. The molecule has 4 nitrogen and oxygen atoms in total. The van der Waals surface area contributed by atoms with Gasteiger partial charge in [-0.2, -0.15) is 0 Å². The Hall–Kier alpha value is -1.42. The Labute approximate surface area is 121 Å². The van der Waals surface area contributed by atoms with E-state index in [1.54, 1.807) is 12.1 Å². The summed E-state index contributed by atoms with van der Waals surface area (Å²) in [7, 11) is 0. The number of hydrogen-bond donors (Lipinski definition) is 1. The van der Waals surface area contributed by atoms with E-state index in [9.17, 15) is 10.1 Å². The smallest absolute Gasteiger partial charge is 0.269 e. The number of nitro groups is 1. The topological polar surface area (TPSA) is 55.2 Å². The number of nitrogens with zero attached hydrogens (tertiary/aromatic N) is 1. The van der Waals surface area contributed by atoms with E-state index in [-0.39, 0.29) is 22.1 Å². The van der Waals surface area contributed by atoms with E-state index in [4.69, 9.17) is 0 Å². The second-order valence-corrected chi connectivity index (χ2v) is 6.49. The molecule has 2 unspecified atom stereocenters. The van der Waals surface area contributed by atoms with Gasteiger partial charge in [0.1, 0.15) is 0 Å². The van der Waals surface area contributed by atoms with Crippen molar-refractivity contribution in [1.82, 2.24) is 5.32 Å². The molecule has 0 spiro atoms. The van der Waals surface area contributed by atoms with Gasteiger partial charge in [0, 0.05) is 18.2 Å². The molecule has 0 aliphatic carbocycles. The lowest BCUT2D eigenvalue weighted by Gasteiger charge is -2.29. The summed E-state index contributed by atoms with van der Waals surface area (Å²) in [5.74, 6) is 0.537. The van der Waals surface area contributed by atoms with Crippen LogP contribution >= 0.6 is 0 Å². The van der Waals surface area contributed by atoms with Gasteiger partial charge in [-0.15, -0.1) is 0 Å². The van der Waals surface area contributed by atoms with Crippen LogP contribution in [0.5, 0.6) is 0 Å². The molecule has 1 aromatic rings. The minimum atomic E-state index is -0.339. The van der Waals surface area contributed by atoms with Crippen molar-refractivity contribution in [3.05, 3.63) is 39.9 Å². The molecule has 0 saturated carbocycles. The molecule has 1 aromatic carbocycles. The summed E-state index contributed by atoms with van der Waals surface area (Å²) in [6.07, 6.45) is 0.915. The molecule has 2 atom stereocenters. The Morgan fingerprint density at radius 2 is 2.00 bits per heavy atom. The van der Waals surface area contributed by atoms with Gasteiger partial charge in [-0.25, -0.2) is 0 Å². The summed E-state index contributed by atoms with van der Waals surface area (Å²) in [6.45, 7) is 11.9. The average Bonchev–Trinajstić information content (AvgIpc) is 2.38. The minimum Gasteiger partial charge on any atom is -0.310 e. The highest BCUT2D eigenvalue weighted by Gasteiger charge is 2.21. The highest BCUT2D eigenvalue weighted by molar-refractivity contribution is 5.35. The Balaban J connectivity index is 2.76. The van der Waals surface area contributed by atoms with Crippen molar-refractivity contribution in [3.63, 3.8) is 0 Å². The fourth-order valence-electron chi connectivity index (χ4n) is 1.98. The Bertz CT molecular complexity index is 452. The second-order valence-electron chi connectivity index (χ2n) is 6.49. The molecule has 1 rings (SSSR count). The maximum absolute atomic E-state index is 10.8. The Morgan fingerprint density at radius 1 is 1.35 bits per heavy atom. The zero-order chi connectivity index (χ0) is 15.3. The lowest BCUT2D eigenvalue weighted by molar-refractivity contribution is -0.384. The highest BCUT2D eigenvalue weighted by Crippen LogP contribution is 2.26. The second kappa shape index (κ2) is 6.84. The van der Waals surface area contributed by atoms with Gasteiger partial charge in [0.05, 0.1) is 4.92 Å². The first-order valence-corrected chi connectivity index (χ1v) is 7.23. The van der Waals surface area contributed by atoms with E-state index in [0.717, 1.165) is 18.5 Å². The summed E-state index contributed by atoms with van der Waals surface area (Å²) in [4.78, 5) is 10.5. The van der Waals surface area contributed by atoms with Crippen LogP contribution < -0.4 is 5.32 Å². The molecule has 0 amide bonds. The maximum atomic E-state index is 10.8. The molecule has 0 fully saturated rings. The molecule has 0 radical (unpaired) electrons. The largest absolute Gasteiger partial charge is 0.310 e. The normalized spacial score (nSPS) is 14.8. The third kappa shape index (κ3) is 4.60. The molecule has 1 N–H and O–H groups in total. The van der Waals surface area contributed by atoms with Crippen molar-refractivity contribution in [3.8, 4) is 0 Å². The number of nitro benzene ring substituents is 1. The SMILES string of the molecule is CCC(NCC(C)C(C)(C)C)c1cccc([N+](=O)[O-])c1. The molecule has 0 saturated heterocycles. The van der Waals surface area contributed by atoms with Crippen molar-refractivity contribution in [1.29, 1.82) is 0 Å². The van der Waals surface area contributed by atoms with Gasteiger partial charge in [-0.1, -0.05) is 46.8 Å². The minimum absolute atomic E-state index is 0.159. The Kier molecular flexibility index (Phi) is 5.69. The third-order valence-electron chi connectivity index (χ3n) is 4.04. The van der Waals surface area contributed by atoms with E-state index in [2.05, 4.69) is 39.9 Å². The van der Waals surface area contributed by atoms with Crippen LogP contribution in [0.1, 0.15) is 52.6 Å². The van der Waals surface area contributed by atoms with Crippen LogP contribution in [0, 0.1) is 21.4 Å². The summed E-state index contributed by atoms with van der Waals surface area (Å²) >= 11 is 0. The van der Waals surface area contributed by atoms with Crippen LogP contribution in [0.25, 0.3) is 0 Å². The summed E-state index contributed by atoms with van der Waals surface area (Å²) in [6, 6.07) is 7.08. The van der Waals surface area contributed by atoms with Crippen molar-refractivity contribution >= 4 is 5.69 Å². The molecule has 0 bridgehead atoms. The summed E-state index contributed by atoms with van der Waals surface area (Å²) in [5, 5.41) is 14.4. The van der Waals surface area contributed by atoms with Crippen molar-refractivity contribution in [2.24, 2.45) is 11.3 Å². The van der Waals surface area contributed by atoms with Crippen LogP contribution in [0.4, 0.5) is 5.69 Å². The lowest BCUT2D eigenvalue weighted by Crippen LogP contribution is -2.32. The van der Waals surface area contributed by atoms with E-state index in [0.29, 0.717) is 5.92 Å². The molecule has 20 heavy (non-hydrogen) atoms. The van der Waals surface area contributed by atoms with Gasteiger partial charge in [0.15, 0.2) is 0 Å². The van der Waals surface area contributed by atoms with Crippen LogP contribution in [0.3, 0.4) is 0 Å². The molecule has 4 heteroatoms. The third-order valence-corrected chi connectivity index (χ3v) is 4.04. The van der Waals surface area contributed by atoms with Gasteiger partial charge < -0.3 is 5.32 Å². The van der Waals surface area contributed by atoms with E-state index >= 15 is 0 Å². The average molecular weight is 278 g/mol. The van der Waals surface area contributed by atoms with Crippen LogP contribution in [0.2, 0.25) is 0 Å². The predicted molar refractivity (Wildman–Crippen MR) is 82.8 cm³/mol. The lowest BCUT2D eigenvalue weighted by atomic mass is 9.82. The van der Waals surface area contributed by atoms with Gasteiger partial charge in [0.25, 0.3) is 5.69 Å². The highest BCUT2D eigenvalue weighted by atomic mass is 16.6. The van der Waals surface area contributed by atoms with E-state index in [1.165, 1.54) is 6.07 Å². The van der Waals surface area contributed by atoms with Crippen molar-refractivity contribution in [2.45, 2.75) is 47.1 Å². The molecule has 112 valence electrons. The molecular weight excluding hydrogens is 252 g/mol. The van der Waals surface area contributed by atoms with E-state index in [1.807, 2.05) is 6.07 Å². The van der Waals surface area contributed by atoms with E-state index < -0.39 is 0 Å². The molecular formula is C16H26N2O2. The number of hydrogen-bond acceptors (Lipinski definition) is 3. The van der Waals surface area contributed by atoms with Gasteiger partial charge in [0.2, 0.25) is 0 Å². The fraction of sp³-hybridized carbons (Fsp3) is 0.625. The maximum Gasteiger partial charge on any atom is 0.269 e. The van der Waals surface area contributed by atoms with Gasteiger partial charge in [-0.3, -0.25) is 10.1 Å². The standard InChI is InChI=1S/C16H26N2O2/c1-6-15(17-11-12(2)16(3,4)5)13-8-7-9-14(10-13)18(19)20/h7-10,12,15,17H,6,11H2,1-5H3. The molecule has 0 aliphatic heterocycles. The summed E-state index contributed by atoms with van der Waals surface area (Å²) < 4.78 is 0. The first-order chi connectivity index (χ1) is 9.25. The number of rotatable bonds is 6. The number of benzene rings is 1. The summed E-state index contributed by atoms with van der Waals surface area (Å²) in [5.41, 5.74) is 1.41. The first kappa shape index (κ1) is 16.6. The van der Waals surface area contributed by atoms with Gasteiger partial charge >= 0.3 is 0 Å². The molecule has 0 heterocycles.